The largest absolute Gasteiger partial charge is 0.488 e. The van der Waals surface area contributed by atoms with E-state index in [-0.39, 0.29) is 0 Å². The van der Waals surface area contributed by atoms with Crippen molar-refractivity contribution in [1.82, 2.24) is 19.7 Å². The Bertz CT molecular complexity index is 1710. The van der Waals surface area contributed by atoms with Gasteiger partial charge in [0.1, 0.15) is 18.2 Å². The molecule has 7 nitrogen and oxygen atoms in total. The molecule has 3 heterocycles. The van der Waals surface area contributed by atoms with Crippen LogP contribution in [-0.4, -0.2) is 19.7 Å². The van der Waals surface area contributed by atoms with E-state index in [0.29, 0.717) is 12.4 Å². The Morgan fingerprint density at radius 2 is 1.92 bits per heavy atom. The van der Waals surface area contributed by atoms with E-state index in [1.807, 2.05) is 37.3 Å². The van der Waals surface area contributed by atoms with E-state index >= 15 is 0 Å². The molecule has 0 amide bonds. The number of hydrogen-bond acceptors (Lipinski definition) is 5. The van der Waals surface area contributed by atoms with Crippen molar-refractivity contribution in [2.45, 2.75) is 33.8 Å². The number of fused-ring (bicyclic) bond motifs is 2. The monoisotopic (exact) mass is 490 g/mol. The number of aryl methyl sites for hydroxylation is 2. The number of ether oxygens (including phenoxy) is 1. The second kappa shape index (κ2) is 9.09. The van der Waals surface area contributed by atoms with Crippen LogP contribution in [0.25, 0.3) is 28.1 Å². The molecule has 2 aromatic heterocycles. The van der Waals surface area contributed by atoms with Crippen LogP contribution in [0, 0.1) is 6.92 Å². The third-order valence-corrected chi connectivity index (χ3v) is 6.84. The van der Waals surface area contributed by atoms with Crippen LogP contribution >= 0.6 is 0 Å². The highest BCUT2D eigenvalue weighted by Crippen LogP contribution is 2.42. The fraction of sp³-hybridized carbons (Fsp3) is 0.167. The lowest BCUT2D eigenvalue weighted by Crippen LogP contribution is -2.03. The van der Waals surface area contributed by atoms with E-state index in [0.717, 1.165) is 68.3 Å². The van der Waals surface area contributed by atoms with Crippen LogP contribution in [0.2, 0.25) is 0 Å². The van der Waals surface area contributed by atoms with Crippen LogP contribution in [0.5, 0.6) is 5.75 Å². The van der Waals surface area contributed by atoms with E-state index in [4.69, 9.17) is 14.2 Å². The summed E-state index contributed by atoms with van der Waals surface area (Å²) >= 11 is 0. The molecular formula is C30H26N4O3. The lowest BCUT2D eigenvalue weighted by atomic mass is 9.88. The molecule has 0 bridgehead atoms. The van der Waals surface area contributed by atoms with Crippen LogP contribution in [0.15, 0.2) is 82.2 Å². The number of rotatable bonds is 4. The standard InChI is InChI=1S/C30H26N4O3/c1-4-26-31-24(20-10-6-5-7-11-20)16-34(26)22-13-14-23-21(15-22)17-36-25-12-8-9-18(2)27(25)28(23)19(3)29-32-30(35)37-33-29/h5-16H,4,17H2,1-3H3,(H,32,33,35)/b28-19+. The van der Waals surface area contributed by atoms with Gasteiger partial charge in [0.2, 0.25) is 0 Å². The zero-order valence-corrected chi connectivity index (χ0v) is 20.9. The molecule has 6 rings (SSSR count). The lowest BCUT2D eigenvalue weighted by molar-refractivity contribution is 0.307. The molecule has 0 spiro atoms. The van der Waals surface area contributed by atoms with Gasteiger partial charge in [-0.3, -0.25) is 9.51 Å². The van der Waals surface area contributed by atoms with Gasteiger partial charge in [0, 0.05) is 35.0 Å². The summed E-state index contributed by atoms with van der Waals surface area (Å²) in [5, 5.41) is 3.96. The van der Waals surface area contributed by atoms with Crippen LogP contribution in [-0.2, 0) is 13.0 Å². The molecule has 184 valence electrons. The van der Waals surface area contributed by atoms with Gasteiger partial charge in [-0.15, -0.1) is 0 Å². The minimum absolute atomic E-state index is 0.404. The van der Waals surface area contributed by atoms with Gasteiger partial charge in [0.15, 0.2) is 5.82 Å². The van der Waals surface area contributed by atoms with Crippen LogP contribution in [0.1, 0.15) is 47.8 Å². The van der Waals surface area contributed by atoms with Gasteiger partial charge >= 0.3 is 5.76 Å². The average Bonchev–Trinajstić information content (AvgIpc) is 3.52. The summed E-state index contributed by atoms with van der Waals surface area (Å²) in [4.78, 5) is 19.3. The van der Waals surface area contributed by atoms with Gasteiger partial charge in [-0.1, -0.05) is 60.6 Å². The molecule has 1 aliphatic heterocycles. The molecule has 0 saturated carbocycles. The molecule has 0 saturated heterocycles. The van der Waals surface area contributed by atoms with Gasteiger partial charge in [-0.05, 0) is 54.3 Å². The molecule has 1 aliphatic rings. The average molecular weight is 491 g/mol. The fourth-order valence-electron chi connectivity index (χ4n) is 5.00. The molecule has 0 fully saturated rings. The molecule has 1 N–H and O–H groups in total. The van der Waals surface area contributed by atoms with Crippen LogP contribution in [0.4, 0.5) is 0 Å². The first kappa shape index (κ1) is 22.8. The third-order valence-electron chi connectivity index (χ3n) is 6.84. The van der Waals surface area contributed by atoms with Crippen molar-refractivity contribution in [2.75, 3.05) is 0 Å². The quantitative estimate of drug-likeness (QED) is 0.336. The second-order valence-electron chi connectivity index (χ2n) is 9.15. The highest BCUT2D eigenvalue weighted by molar-refractivity contribution is 6.00. The molecule has 0 radical (unpaired) electrons. The van der Waals surface area contributed by atoms with Crippen molar-refractivity contribution in [2.24, 2.45) is 0 Å². The van der Waals surface area contributed by atoms with Gasteiger partial charge < -0.3 is 9.30 Å². The Kier molecular flexibility index (Phi) is 5.60. The first-order valence-corrected chi connectivity index (χ1v) is 12.3. The summed E-state index contributed by atoms with van der Waals surface area (Å²) in [6, 6.07) is 22.6. The second-order valence-corrected chi connectivity index (χ2v) is 9.15. The number of hydrogen-bond donors (Lipinski definition) is 1. The number of aromatic amines is 1. The van der Waals surface area contributed by atoms with Crippen molar-refractivity contribution in [3.63, 3.8) is 0 Å². The van der Waals surface area contributed by atoms with Gasteiger partial charge in [0.25, 0.3) is 0 Å². The number of aromatic nitrogens is 4. The summed E-state index contributed by atoms with van der Waals surface area (Å²) in [6.07, 6.45) is 2.89. The van der Waals surface area contributed by atoms with Crippen molar-refractivity contribution in [3.8, 4) is 22.7 Å². The maximum absolute atomic E-state index is 11.7. The van der Waals surface area contributed by atoms with E-state index in [9.17, 15) is 4.79 Å². The third kappa shape index (κ3) is 3.98. The van der Waals surface area contributed by atoms with Gasteiger partial charge in [-0.25, -0.2) is 9.78 Å². The Balaban J connectivity index is 1.53. The minimum atomic E-state index is -0.582. The summed E-state index contributed by atoms with van der Waals surface area (Å²) in [5.74, 6) is 1.60. The fourth-order valence-corrected chi connectivity index (χ4v) is 5.00. The molecule has 0 aliphatic carbocycles. The Hall–Kier alpha value is -4.65. The zero-order chi connectivity index (χ0) is 25.5. The predicted octanol–water partition coefficient (Wildman–Crippen LogP) is 5.96. The first-order chi connectivity index (χ1) is 18.0. The molecule has 3 aromatic carbocycles. The van der Waals surface area contributed by atoms with E-state index in [2.05, 4.69) is 71.2 Å². The SMILES string of the molecule is CCc1nc(-c2ccccc2)cn1-c1ccc2c(c1)COc1cccc(C)c1/C2=C(\C)c1noc(=O)[nH]1. The molecule has 0 atom stereocenters. The molecular weight excluding hydrogens is 464 g/mol. The number of allylic oxidation sites excluding steroid dienone is 1. The van der Waals surface area contributed by atoms with Crippen LogP contribution in [0.3, 0.4) is 0 Å². The Morgan fingerprint density at radius 3 is 2.68 bits per heavy atom. The first-order valence-electron chi connectivity index (χ1n) is 12.3. The van der Waals surface area contributed by atoms with Gasteiger partial charge in [-0.2, -0.15) is 0 Å². The summed E-state index contributed by atoms with van der Waals surface area (Å²) in [7, 11) is 0. The normalized spacial score (nSPS) is 13.9. The highest BCUT2D eigenvalue weighted by atomic mass is 16.5. The van der Waals surface area contributed by atoms with E-state index < -0.39 is 5.76 Å². The summed E-state index contributed by atoms with van der Waals surface area (Å²) < 4.78 is 13.3. The van der Waals surface area contributed by atoms with Crippen molar-refractivity contribution < 1.29 is 9.26 Å². The summed E-state index contributed by atoms with van der Waals surface area (Å²) in [5.41, 5.74) is 8.93. The smallest absolute Gasteiger partial charge is 0.439 e. The topological polar surface area (TPSA) is 85.9 Å². The number of imidazole rings is 1. The Labute approximate surface area is 214 Å². The van der Waals surface area contributed by atoms with Crippen molar-refractivity contribution >= 4 is 11.1 Å². The zero-order valence-electron chi connectivity index (χ0n) is 20.9. The highest BCUT2D eigenvalue weighted by Gasteiger charge is 2.25. The maximum atomic E-state index is 11.7. The van der Waals surface area contributed by atoms with Gasteiger partial charge in [0.05, 0.1) is 5.69 Å². The molecule has 37 heavy (non-hydrogen) atoms. The van der Waals surface area contributed by atoms with Crippen molar-refractivity contribution in [1.29, 1.82) is 0 Å². The molecule has 5 aromatic rings. The molecule has 7 heteroatoms. The summed E-state index contributed by atoms with van der Waals surface area (Å²) in [6.45, 7) is 6.53. The van der Waals surface area contributed by atoms with E-state index in [1.54, 1.807) is 0 Å². The van der Waals surface area contributed by atoms with Crippen LogP contribution < -0.4 is 10.5 Å². The predicted molar refractivity (Wildman–Crippen MR) is 143 cm³/mol. The van der Waals surface area contributed by atoms with E-state index in [1.165, 1.54) is 0 Å². The minimum Gasteiger partial charge on any atom is -0.488 e. The van der Waals surface area contributed by atoms with Crippen molar-refractivity contribution in [3.05, 3.63) is 117 Å². The number of nitrogens with one attached hydrogen (secondary N) is 1. The molecule has 0 unspecified atom stereocenters. The lowest BCUT2D eigenvalue weighted by Gasteiger charge is -2.16. The number of H-pyrrole nitrogens is 1. The number of nitrogens with zero attached hydrogens (tertiary/aromatic N) is 3. The maximum Gasteiger partial charge on any atom is 0.439 e. The number of benzene rings is 3. The Morgan fingerprint density at radius 1 is 1.08 bits per heavy atom.